The summed E-state index contributed by atoms with van der Waals surface area (Å²) < 4.78 is 19.7. The highest BCUT2D eigenvalue weighted by atomic mass is 35.5. The summed E-state index contributed by atoms with van der Waals surface area (Å²) in [7, 11) is 0. The van der Waals surface area contributed by atoms with Crippen LogP contribution in [-0.4, -0.2) is 40.0 Å². The molecule has 32 heavy (non-hydrogen) atoms. The van der Waals surface area contributed by atoms with E-state index in [1.54, 1.807) is 13.0 Å². The lowest BCUT2D eigenvalue weighted by Crippen LogP contribution is -2.43. The fourth-order valence-electron chi connectivity index (χ4n) is 3.62. The molecular weight excluding hydrogens is 431 g/mol. The summed E-state index contributed by atoms with van der Waals surface area (Å²) >= 11 is 5.89. The Morgan fingerprint density at radius 2 is 2.03 bits per heavy atom. The van der Waals surface area contributed by atoms with Gasteiger partial charge in [0.25, 0.3) is 0 Å². The van der Waals surface area contributed by atoms with Gasteiger partial charge in [0.15, 0.2) is 0 Å². The minimum Gasteiger partial charge on any atom is -0.488 e. The van der Waals surface area contributed by atoms with Crippen molar-refractivity contribution in [1.29, 1.82) is 0 Å². The van der Waals surface area contributed by atoms with Gasteiger partial charge in [0, 0.05) is 24.5 Å². The SMILES string of the molecule is CC.CC(=O)N1CCCC(Oc2cc3c(Nc4ccc(F)c(Cl)c4)ncnc3cc2C)C1. The number of likely N-dealkylation sites (tertiary alicyclic amines) is 1. The molecule has 1 fully saturated rings. The Morgan fingerprint density at radius 1 is 1.25 bits per heavy atom. The highest BCUT2D eigenvalue weighted by molar-refractivity contribution is 6.31. The van der Waals surface area contributed by atoms with Crippen LogP contribution in [-0.2, 0) is 4.79 Å². The lowest BCUT2D eigenvalue weighted by atomic mass is 10.1. The van der Waals surface area contributed by atoms with Gasteiger partial charge < -0.3 is 15.0 Å². The third-order valence-corrected chi connectivity index (χ3v) is 5.52. The van der Waals surface area contributed by atoms with Crippen LogP contribution in [0.15, 0.2) is 36.7 Å². The van der Waals surface area contributed by atoms with Crippen molar-refractivity contribution in [3.63, 3.8) is 0 Å². The van der Waals surface area contributed by atoms with Crippen molar-refractivity contribution in [2.75, 3.05) is 18.4 Å². The fourth-order valence-corrected chi connectivity index (χ4v) is 3.81. The standard InChI is InChI=1S/C22H22ClFN4O2.C2H6/c1-13-8-20-17(10-21(13)30-16-4-3-7-28(11-16)14(2)29)22(26-12-25-20)27-15-5-6-19(24)18(23)9-15;1-2/h5-6,8-10,12,16H,3-4,7,11H2,1-2H3,(H,25,26,27);1-2H3. The maximum Gasteiger partial charge on any atom is 0.219 e. The van der Waals surface area contributed by atoms with Gasteiger partial charge in [-0.2, -0.15) is 0 Å². The Morgan fingerprint density at radius 3 is 2.75 bits per heavy atom. The van der Waals surface area contributed by atoms with Gasteiger partial charge in [-0.15, -0.1) is 0 Å². The summed E-state index contributed by atoms with van der Waals surface area (Å²) in [5, 5.41) is 3.99. The molecule has 8 heteroatoms. The van der Waals surface area contributed by atoms with Crippen LogP contribution in [0.4, 0.5) is 15.9 Å². The first kappa shape index (κ1) is 23.7. The van der Waals surface area contributed by atoms with Gasteiger partial charge in [-0.1, -0.05) is 25.4 Å². The molecule has 0 saturated carbocycles. The number of fused-ring (bicyclic) bond motifs is 1. The molecule has 4 rings (SSSR count). The van der Waals surface area contributed by atoms with Crippen molar-refractivity contribution in [2.45, 2.75) is 46.6 Å². The Labute approximate surface area is 192 Å². The molecule has 1 unspecified atom stereocenters. The predicted molar refractivity (Wildman–Crippen MR) is 126 cm³/mol. The van der Waals surface area contributed by atoms with Crippen molar-refractivity contribution in [1.82, 2.24) is 14.9 Å². The molecular formula is C24H28ClFN4O2. The molecule has 2 heterocycles. The molecule has 1 N–H and O–H groups in total. The Kier molecular flexibility index (Phi) is 7.85. The molecule has 1 aliphatic heterocycles. The zero-order valence-electron chi connectivity index (χ0n) is 18.8. The van der Waals surface area contributed by atoms with Crippen LogP contribution in [0.25, 0.3) is 10.9 Å². The number of aromatic nitrogens is 2. The van der Waals surface area contributed by atoms with Crippen molar-refractivity contribution in [2.24, 2.45) is 0 Å². The van der Waals surface area contributed by atoms with E-state index in [1.807, 2.05) is 37.8 Å². The zero-order valence-corrected chi connectivity index (χ0v) is 19.5. The van der Waals surface area contributed by atoms with Gasteiger partial charge in [-0.3, -0.25) is 4.79 Å². The maximum atomic E-state index is 13.5. The van der Waals surface area contributed by atoms with Crippen LogP contribution < -0.4 is 10.1 Å². The summed E-state index contributed by atoms with van der Waals surface area (Å²) in [6.07, 6.45) is 3.22. The van der Waals surface area contributed by atoms with Crippen molar-refractivity contribution >= 4 is 39.9 Å². The zero-order chi connectivity index (χ0) is 23.3. The fraction of sp³-hybridized carbons (Fsp3) is 0.375. The number of nitrogens with one attached hydrogen (secondary N) is 1. The van der Waals surface area contributed by atoms with Crippen LogP contribution in [0.2, 0.25) is 5.02 Å². The van der Waals surface area contributed by atoms with Crippen molar-refractivity contribution in [3.05, 3.63) is 53.1 Å². The Bertz CT molecular complexity index is 1110. The average Bonchev–Trinajstić information content (AvgIpc) is 2.79. The van der Waals surface area contributed by atoms with Crippen molar-refractivity contribution in [3.8, 4) is 5.75 Å². The molecule has 0 radical (unpaired) electrons. The van der Waals surface area contributed by atoms with E-state index in [0.717, 1.165) is 41.6 Å². The maximum absolute atomic E-state index is 13.5. The molecule has 170 valence electrons. The van der Waals surface area contributed by atoms with Gasteiger partial charge in [-0.05, 0) is 55.7 Å². The molecule has 0 aliphatic carbocycles. The molecule has 1 saturated heterocycles. The van der Waals surface area contributed by atoms with E-state index in [1.165, 1.54) is 18.5 Å². The van der Waals surface area contributed by atoms with E-state index in [2.05, 4.69) is 15.3 Å². The van der Waals surface area contributed by atoms with E-state index in [4.69, 9.17) is 16.3 Å². The minimum atomic E-state index is -0.479. The molecule has 1 atom stereocenters. The van der Waals surface area contributed by atoms with E-state index in [0.29, 0.717) is 18.1 Å². The van der Waals surface area contributed by atoms with Gasteiger partial charge in [0.05, 0.1) is 17.1 Å². The first-order valence-corrected chi connectivity index (χ1v) is 11.2. The summed E-state index contributed by atoms with van der Waals surface area (Å²) in [5.41, 5.74) is 2.34. The minimum absolute atomic E-state index is 0.0329. The number of benzene rings is 2. The number of carbonyl (C=O) groups is 1. The van der Waals surface area contributed by atoms with Crippen LogP contribution in [0.3, 0.4) is 0 Å². The van der Waals surface area contributed by atoms with Crippen LogP contribution >= 0.6 is 11.6 Å². The number of ether oxygens (including phenoxy) is 1. The number of hydrogen-bond acceptors (Lipinski definition) is 5. The molecule has 1 aromatic heterocycles. The smallest absolute Gasteiger partial charge is 0.219 e. The van der Waals surface area contributed by atoms with Gasteiger partial charge >= 0.3 is 0 Å². The molecule has 1 amide bonds. The summed E-state index contributed by atoms with van der Waals surface area (Å²) in [6, 6.07) is 8.26. The van der Waals surface area contributed by atoms with Crippen LogP contribution in [0.1, 0.15) is 39.2 Å². The summed E-state index contributed by atoms with van der Waals surface area (Å²) in [6.45, 7) is 8.90. The van der Waals surface area contributed by atoms with Crippen LogP contribution in [0.5, 0.6) is 5.75 Å². The first-order chi connectivity index (χ1) is 15.4. The second-order valence-electron chi connectivity index (χ2n) is 7.46. The van der Waals surface area contributed by atoms with Gasteiger partial charge in [-0.25, -0.2) is 14.4 Å². The number of anilines is 2. The molecule has 0 bridgehead atoms. The highest BCUT2D eigenvalue weighted by Gasteiger charge is 2.23. The molecule has 2 aromatic carbocycles. The number of nitrogens with zero attached hydrogens (tertiary/aromatic N) is 3. The quantitative estimate of drug-likeness (QED) is 0.528. The number of rotatable bonds is 4. The average molecular weight is 459 g/mol. The number of hydrogen-bond donors (Lipinski definition) is 1. The lowest BCUT2D eigenvalue weighted by molar-refractivity contribution is -0.131. The van der Waals surface area contributed by atoms with Gasteiger partial charge in [0.2, 0.25) is 5.91 Å². The van der Waals surface area contributed by atoms with Gasteiger partial charge in [0.1, 0.15) is 29.8 Å². The highest BCUT2D eigenvalue weighted by Crippen LogP contribution is 2.32. The van der Waals surface area contributed by atoms with E-state index < -0.39 is 5.82 Å². The second kappa shape index (κ2) is 10.6. The van der Waals surface area contributed by atoms with E-state index in [9.17, 15) is 9.18 Å². The van der Waals surface area contributed by atoms with Crippen molar-refractivity contribution < 1.29 is 13.9 Å². The van der Waals surface area contributed by atoms with Crippen LogP contribution in [0, 0.1) is 12.7 Å². The predicted octanol–water partition coefficient (Wildman–Crippen LogP) is 5.89. The third-order valence-electron chi connectivity index (χ3n) is 5.23. The number of halogens is 2. The number of amides is 1. The lowest BCUT2D eigenvalue weighted by Gasteiger charge is -2.32. The largest absolute Gasteiger partial charge is 0.488 e. The molecule has 0 spiro atoms. The van der Waals surface area contributed by atoms with E-state index >= 15 is 0 Å². The molecule has 6 nitrogen and oxygen atoms in total. The number of carbonyl (C=O) groups excluding carboxylic acids is 1. The number of piperidine rings is 1. The molecule has 3 aromatic rings. The summed E-state index contributed by atoms with van der Waals surface area (Å²) in [4.78, 5) is 22.2. The van der Waals surface area contributed by atoms with E-state index in [-0.39, 0.29) is 17.0 Å². The normalized spacial score (nSPS) is 15.7. The Balaban J connectivity index is 0.00000141. The second-order valence-corrected chi connectivity index (χ2v) is 7.87. The first-order valence-electron chi connectivity index (χ1n) is 10.8. The molecule has 1 aliphatic rings. The summed E-state index contributed by atoms with van der Waals surface area (Å²) in [5.74, 6) is 0.888. The third kappa shape index (κ3) is 5.46. The Hall–Kier alpha value is -2.93. The monoisotopic (exact) mass is 458 g/mol. The number of aryl methyl sites for hydroxylation is 1. The topological polar surface area (TPSA) is 67.3 Å².